The van der Waals surface area contributed by atoms with Crippen molar-refractivity contribution in [3.05, 3.63) is 29.3 Å². The smallest absolute Gasteiger partial charge is 0.122 e. The minimum atomic E-state index is 0.301. The van der Waals surface area contributed by atoms with Gasteiger partial charge >= 0.3 is 0 Å². The second-order valence-corrected chi connectivity index (χ2v) is 4.48. The van der Waals surface area contributed by atoms with E-state index in [2.05, 4.69) is 12.1 Å². The summed E-state index contributed by atoms with van der Waals surface area (Å²) in [6.45, 7) is 0.301. The van der Waals surface area contributed by atoms with Gasteiger partial charge in [-0.25, -0.2) is 0 Å². The van der Waals surface area contributed by atoms with Gasteiger partial charge in [0.2, 0.25) is 0 Å². The first-order valence-electron chi connectivity index (χ1n) is 6.13. The summed E-state index contributed by atoms with van der Waals surface area (Å²) in [4.78, 5) is 0. The maximum atomic E-state index is 8.92. The molecule has 2 heteroatoms. The minimum Gasteiger partial charge on any atom is -0.496 e. The molecular weight excluding hydrogens is 200 g/mol. The zero-order valence-corrected chi connectivity index (χ0v) is 9.91. The first kappa shape index (κ1) is 11.5. The molecule has 0 saturated heterocycles. The molecule has 2 nitrogen and oxygen atoms in total. The van der Waals surface area contributed by atoms with Gasteiger partial charge in [0.1, 0.15) is 5.75 Å². The molecule has 1 aromatic carbocycles. The van der Waals surface area contributed by atoms with Crippen LogP contribution in [0.4, 0.5) is 0 Å². The molecule has 16 heavy (non-hydrogen) atoms. The first-order valence-corrected chi connectivity index (χ1v) is 6.13. The van der Waals surface area contributed by atoms with Crippen LogP contribution in [0.25, 0.3) is 0 Å². The zero-order valence-electron chi connectivity index (χ0n) is 9.91. The van der Waals surface area contributed by atoms with Crippen molar-refractivity contribution in [3.8, 4) is 5.75 Å². The highest BCUT2D eigenvalue weighted by atomic mass is 16.5. The summed E-state index contributed by atoms with van der Waals surface area (Å²) >= 11 is 0. The van der Waals surface area contributed by atoms with Crippen LogP contribution in [0.3, 0.4) is 0 Å². The predicted molar refractivity (Wildman–Crippen MR) is 65.0 cm³/mol. The van der Waals surface area contributed by atoms with Crippen molar-refractivity contribution in [2.45, 2.75) is 38.0 Å². The Morgan fingerprint density at radius 3 is 3.06 bits per heavy atom. The molecular formula is C14H20O2. The number of aliphatic hydroxyl groups is 1. The molecule has 88 valence electrons. The number of ether oxygens (including phenoxy) is 1. The van der Waals surface area contributed by atoms with Gasteiger partial charge < -0.3 is 9.84 Å². The van der Waals surface area contributed by atoms with Crippen molar-refractivity contribution in [1.82, 2.24) is 0 Å². The Labute approximate surface area is 97.3 Å². The molecule has 1 aliphatic rings. The number of methoxy groups -OCH3 is 1. The number of benzene rings is 1. The Bertz CT molecular complexity index is 347. The molecule has 0 saturated carbocycles. The topological polar surface area (TPSA) is 29.5 Å². The van der Waals surface area contributed by atoms with Crippen LogP contribution in [0.1, 0.15) is 42.7 Å². The third kappa shape index (κ3) is 2.22. The molecule has 0 unspecified atom stereocenters. The van der Waals surface area contributed by atoms with E-state index in [4.69, 9.17) is 9.84 Å². The molecule has 0 amide bonds. The van der Waals surface area contributed by atoms with Gasteiger partial charge in [-0.3, -0.25) is 0 Å². The van der Waals surface area contributed by atoms with E-state index >= 15 is 0 Å². The summed E-state index contributed by atoms with van der Waals surface area (Å²) in [7, 11) is 1.74. The lowest BCUT2D eigenvalue weighted by Gasteiger charge is -2.26. The first-order chi connectivity index (χ1) is 7.86. The number of fused-ring (bicyclic) bond motifs is 1. The number of rotatable bonds is 4. The highest BCUT2D eigenvalue weighted by Crippen LogP contribution is 2.38. The second-order valence-electron chi connectivity index (χ2n) is 4.48. The van der Waals surface area contributed by atoms with Gasteiger partial charge in [-0.05, 0) is 55.2 Å². The van der Waals surface area contributed by atoms with Gasteiger partial charge in [-0.2, -0.15) is 0 Å². The maximum Gasteiger partial charge on any atom is 0.122 e. The van der Waals surface area contributed by atoms with Crippen molar-refractivity contribution in [2.24, 2.45) is 0 Å². The average molecular weight is 220 g/mol. The number of hydrogen-bond donors (Lipinski definition) is 1. The van der Waals surface area contributed by atoms with Crippen molar-refractivity contribution in [1.29, 1.82) is 0 Å². The average Bonchev–Trinajstić information content (AvgIpc) is 2.35. The van der Waals surface area contributed by atoms with Gasteiger partial charge in [0.15, 0.2) is 0 Å². The van der Waals surface area contributed by atoms with E-state index in [0.29, 0.717) is 12.5 Å². The molecule has 0 heterocycles. The summed E-state index contributed by atoms with van der Waals surface area (Å²) in [5.74, 6) is 1.65. The van der Waals surface area contributed by atoms with Crippen LogP contribution < -0.4 is 4.74 Å². The molecule has 0 aromatic heterocycles. The fourth-order valence-corrected chi connectivity index (χ4v) is 2.74. The van der Waals surface area contributed by atoms with Crippen LogP contribution in [-0.4, -0.2) is 18.8 Å². The lowest BCUT2D eigenvalue weighted by molar-refractivity contribution is 0.276. The second kappa shape index (κ2) is 5.35. The Morgan fingerprint density at radius 1 is 1.44 bits per heavy atom. The Morgan fingerprint density at radius 2 is 2.31 bits per heavy atom. The van der Waals surface area contributed by atoms with E-state index in [1.54, 1.807) is 7.11 Å². The van der Waals surface area contributed by atoms with Crippen molar-refractivity contribution in [2.75, 3.05) is 13.7 Å². The maximum absolute atomic E-state index is 8.92. The van der Waals surface area contributed by atoms with Crippen molar-refractivity contribution < 1.29 is 9.84 Å². The van der Waals surface area contributed by atoms with Gasteiger partial charge in [-0.15, -0.1) is 0 Å². The van der Waals surface area contributed by atoms with Gasteiger partial charge in [0, 0.05) is 6.61 Å². The molecule has 0 bridgehead atoms. The molecule has 1 atom stereocenters. The normalized spacial score (nSPS) is 19.2. The standard InChI is InChI=1S/C14H20O2/c1-16-14-9-3-7-12-11(6-4-10-15)5-2-8-13(12)14/h3,7,9,11,15H,2,4-6,8,10H2,1H3/t11-/m0/s1. The van der Waals surface area contributed by atoms with E-state index < -0.39 is 0 Å². The van der Waals surface area contributed by atoms with Gasteiger partial charge in [0.25, 0.3) is 0 Å². The summed E-state index contributed by atoms with van der Waals surface area (Å²) in [5, 5.41) is 8.92. The molecule has 1 N–H and O–H groups in total. The van der Waals surface area contributed by atoms with Gasteiger partial charge in [0.05, 0.1) is 7.11 Å². The van der Waals surface area contributed by atoms with E-state index in [1.165, 1.54) is 24.0 Å². The van der Waals surface area contributed by atoms with Gasteiger partial charge in [-0.1, -0.05) is 12.1 Å². The molecule has 0 fully saturated rings. The molecule has 2 rings (SSSR count). The summed E-state index contributed by atoms with van der Waals surface area (Å²) in [6.07, 6.45) is 5.62. The molecule has 0 radical (unpaired) electrons. The fourth-order valence-electron chi connectivity index (χ4n) is 2.74. The molecule has 0 spiro atoms. The number of aliphatic hydroxyl groups excluding tert-OH is 1. The van der Waals surface area contributed by atoms with Crippen molar-refractivity contribution >= 4 is 0 Å². The van der Waals surface area contributed by atoms with Crippen LogP contribution in [0.2, 0.25) is 0 Å². The molecule has 1 aliphatic carbocycles. The quantitative estimate of drug-likeness (QED) is 0.845. The summed E-state index contributed by atoms with van der Waals surface area (Å²) in [6, 6.07) is 6.35. The number of hydrogen-bond acceptors (Lipinski definition) is 2. The highest BCUT2D eigenvalue weighted by molar-refractivity contribution is 5.43. The Kier molecular flexibility index (Phi) is 3.83. The lowest BCUT2D eigenvalue weighted by Crippen LogP contribution is -2.11. The Balaban J connectivity index is 2.24. The predicted octanol–water partition coefficient (Wildman–Crippen LogP) is 2.89. The summed E-state index contributed by atoms with van der Waals surface area (Å²) < 4.78 is 5.42. The van der Waals surface area contributed by atoms with E-state index in [9.17, 15) is 0 Å². The zero-order chi connectivity index (χ0) is 11.4. The van der Waals surface area contributed by atoms with Crippen molar-refractivity contribution in [3.63, 3.8) is 0 Å². The van der Waals surface area contributed by atoms with E-state index in [1.807, 2.05) is 6.07 Å². The van der Waals surface area contributed by atoms with Crippen LogP contribution >= 0.6 is 0 Å². The van der Waals surface area contributed by atoms with Crippen LogP contribution in [0, 0.1) is 0 Å². The van der Waals surface area contributed by atoms with Crippen LogP contribution in [-0.2, 0) is 6.42 Å². The third-order valence-electron chi connectivity index (χ3n) is 3.52. The lowest BCUT2D eigenvalue weighted by atomic mass is 9.80. The van der Waals surface area contributed by atoms with E-state index in [0.717, 1.165) is 25.0 Å². The summed E-state index contributed by atoms with van der Waals surface area (Å²) in [5.41, 5.74) is 2.83. The minimum absolute atomic E-state index is 0.301. The molecule has 1 aromatic rings. The fraction of sp³-hybridized carbons (Fsp3) is 0.571. The largest absolute Gasteiger partial charge is 0.496 e. The van der Waals surface area contributed by atoms with E-state index in [-0.39, 0.29) is 0 Å². The SMILES string of the molecule is COc1cccc2c1CCC[C@H]2CCCO. The Hall–Kier alpha value is -1.02. The highest BCUT2D eigenvalue weighted by Gasteiger charge is 2.21. The van der Waals surface area contributed by atoms with Crippen LogP contribution in [0.15, 0.2) is 18.2 Å². The third-order valence-corrected chi connectivity index (χ3v) is 3.52. The van der Waals surface area contributed by atoms with Crippen LogP contribution in [0.5, 0.6) is 5.75 Å². The monoisotopic (exact) mass is 220 g/mol. The molecule has 0 aliphatic heterocycles.